The Morgan fingerprint density at radius 2 is 2.00 bits per heavy atom. The van der Waals surface area contributed by atoms with E-state index in [9.17, 15) is 14.4 Å². The monoisotopic (exact) mass is 271 g/mol. The van der Waals surface area contributed by atoms with Crippen LogP contribution in [0.2, 0.25) is 0 Å². The number of methoxy groups -OCH3 is 1. The quantitative estimate of drug-likeness (QED) is 0.690. The molecule has 6 heteroatoms. The highest BCUT2D eigenvalue weighted by Gasteiger charge is 2.28. The van der Waals surface area contributed by atoms with Crippen LogP contribution in [0.15, 0.2) is 0 Å². The van der Waals surface area contributed by atoms with Gasteiger partial charge in [-0.3, -0.25) is 14.4 Å². The Labute approximate surface area is 113 Å². The molecule has 19 heavy (non-hydrogen) atoms. The fourth-order valence-corrected chi connectivity index (χ4v) is 2.16. The Morgan fingerprint density at radius 3 is 2.63 bits per heavy atom. The van der Waals surface area contributed by atoms with Gasteiger partial charge in [0, 0.05) is 19.5 Å². The highest BCUT2D eigenvalue weighted by Crippen LogP contribution is 2.18. The SMILES string of the molecule is CCOC(=O)CCC(=O)N1CCC[C@H](C(=O)OC)C1. The van der Waals surface area contributed by atoms with Gasteiger partial charge in [0.2, 0.25) is 5.91 Å². The van der Waals surface area contributed by atoms with Crippen LogP contribution in [0, 0.1) is 5.92 Å². The van der Waals surface area contributed by atoms with Crippen LogP contribution in [-0.4, -0.2) is 49.6 Å². The van der Waals surface area contributed by atoms with Crippen LogP contribution < -0.4 is 0 Å². The highest BCUT2D eigenvalue weighted by molar-refractivity contribution is 5.82. The topological polar surface area (TPSA) is 72.9 Å². The molecular weight excluding hydrogens is 250 g/mol. The van der Waals surface area contributed by atoms with E-state index in [2.05, 4.69) is 0 Å². The number of carbonyl (C=O) groups is 3. The zero-order valence-corrected chi connectivity index (χ0v) is 11.5. The first-order valence-corrected chi connectivity index (χ1v) is 6.59. The first kappa shape index (κ1) is 15.5. The average molecular weight is 271 g/mol. The third-order valence-electron chi connectivity index (χ3n) is 3.16. The standard InChI is InChI=1S/C13H21NO5/c1-3-19-12(16)7-6-11(15)14-8-4-5-10(9-14)13(17)18-2/h10H,3-9H2,1-2H3/t10-/m0/s1. The maximum atomic E-state index is 11.9. The molecule has 0 saturated carbocycles. The summed E-state index contributed by atoms with van der Waals surface area (Å²) < 4.78 is 9.47. The molecule has 0 radical (unpaired) electrons. The van der Waals surface area contributed by atoms with Crippen molar-refractivity contribution < 1.29 is 23.9 Å². The van der Waals surface area contributed by atoms with E-state index in [1.807, 2.05) is 0 Å². The second-order valence-corrected chi connectivity index (χ2v) is 4.51. The van der Waals surface area contributed by atoms with Gasteiger partial charge >= 0.3 is 11.9 Å². The van der Waals surface area contributed by atoms with Crippen LogP contribution in [-0.2, 0) is 23.9 Å². The first-order chi connectivity index (χ1) is 9.08. The number of rotatable bonds is 5. The fraction of sp³-hybridized carbons (Fsp3) is 0.769. The van der Waals surface area contributed by atoms with E-state index in [-0.39, 0.29) is 36.6 Å². The summed E-state index contributed by atoms with van der Waals surface area (Å²) >= 11 is 0. The van der Waals surface area contributed by atoms with Crippen LogP contribution in [0.1, 0.15) is 32.6 Å². The zero-order chi connectivity index (χ0) is 14.3. The minimum atomic E-state index is -0.364. The molecule has 6 nitrogen and oxygen atoms in total. The van der Waals surface area contributed by atoms with Crippen molar-refractivity contribution in [2.45, 2.75) is 32.6 Å². The summed E-state index contributed by atoms with van der Waals surface area (Å²) in [5.74, 6) is -0.993. The van der Waals surface area contributed by atoms with Gasteiger partial charge in [-0.15, -0.1) is 0 Å². The van der Waals surface area contributed by atoms with Gasteiger partial charge in [-0.1, -0.05) is 0 Å². The molecule has 1 saturated heterocycles. The Bertz CT molecular complexity index is 342. The number of amides is 1. The first-order valence-electron chi connectivity index (χ1n) is 6.59. The molecule has 1 rings (SSSR count). The molecule has 1 amide bonds. The smallest absolute Gasteiger partial charge is 0.310 e. The average Bonchev–Trinajstić information content (AvgIpc) is 2.44. The summed E-state index contributed by atoms with van der Waals surface area (Å²) in [6, 6.07) is 0. The minimum Gasteiger partial charge on any atom is -0.469 e. The van der Waals surface area contributed by atoms with Crippen LogP contribution in [0.4, 0.5) is 0 Å². The number of nitrogens with zero attached hydrogens (tertiary/aromatic N) is 1. The van der Waals surface area contributed by atoms with E-state index in [1.54, 1.807) is 11.8 Å². The molecule has 1 fully saturated rings. The molecule has 0 aliphatic carbocycles. The summed E-state index contributed by atoms with van der Waals surface area (Å²) in [6.07, 6.45) is 1.75. The molecule has 1 aliphatic heterocycles. The van der Waals surface area contributed by atoms with E-state index in [4.69, 9.17) is 9.47 Å². The Morgan fingerprint density at radius 1 is 1.26 bits per heavy atom. The van der Waals surface area contributed by atoms with Crippen molar-refractivity contribution in [2.24, 2.45) is 5.92 Å². The van der Waals surface area contributed by atoms with Gasteiger partial charge in [0.1, 0.15) is 0 Å². The largest absolute Gasteiger partial charge is 0.469 e. The van der Waals surface area contributed by atoms with Crippen molar-refractivity contribution in [1.29, 1.82) is 0 Å². The third-order valence-corrected chi connectivity index (χ3v) is 3.16. The fourth-order valence-electron chi connectivity index (χ4n) is 2.16. The highest BCUT2D eigenvalue weighted by atomic mass is 16.5. The molecule has 1 aliphatic rings. The molecular formula is C13H21NO5. The normalized spacial score (nSPS) is 18.8. The molecule has 0 N–H and O–H groups in total. The predicted molar refractivity (Wildman–Crippen MR) is 67.2 cm³/mol. The van der Waals surface area contributed by atoms with E-state index in [0.29, 0.717) is 19.7 Å². The summed E-state index contributed by atoms with van der Waals surface area (Å²) in [6.45, 7) is 3.07. The molecule has 1 atom stereocenters. The number of likely N-dealkylation sites (tertiary alicyclic amines) is 1. The lowest BCUT2D eigenvalue weighted by Crippen LogP contribution is -2.42. The number of hydrogen-bond acceptors (Lipinski definition) is 5. The molecule has 0 spiro atoms. The number of ether oxygens (including phenoxy) is 2. The second kappa shape index (κ2) is 7.76. The third kappa shape index (κ3) is 4.89. The number of esters is 2. The molecule has 0 aromatic rings. The predicted octanol–water partition coefficient (Wildman–Crippen LogP) is 0.741. The molecule has 0 aromatic carbocycles. The van der Waals surface area contributed by atoms with Gasteiger partial charge in [0.05, 0.1) is 26.1 Å². The van der Waals surface area contributed by atoms with Crippen molar-refractivity contribution >= 4 is 17.8 Å². The number of carbonyl (C=O) groups excluding carboxylic acids is 3. The van der Waals surface area contributed by atoms with Gasteiger partial charge in [0.15, 0.2) is 0 Å². The van der Waals surface area contributed by atoms with Crippen molar-refractivity contribution in [3.05, 3.63) is 0 Å². The van der Waals surface area contributed by atoms with Crippen molar-refractivity contribution in [2.75, 3.05) is 26.8 Å². The van der Waals surface area contributed by atoms with Gasteiger partial charge in [-0.05, 0) is 19.8 Å². The lowest BCUT2D eigenvalue weighted by atomic mass is 9.98. The lowest BCUT2D eigenvalue weighted by molar-refractivity contribution is -0.150. The summed E-state index contributed by atoms with van der Waals surface area (Å²) in [4.78, 5) is 36.2. The van der Waals surface area contributed by atoms with E-state index >= 15 is 0 Å². The molecule has 0 bridgehead atoms. The van der Waals surface area contributed by atoms with E-state index in [1.165, 1.54) is 7.11 Å². The molecule has 108 valence electrons. The van der Waals surface area contributed by atoms with Crippen LogP contribution in [0.3, 0.4) is 0 Å². The summed E-state index contributed by atoms with van der Waals surface area (Å²) in [7, 11) is 1.35. The number of piperidine rings is 1. The van der Waals surface area contributed by atoms with Crippen LogP contribution in [0.5, 0.6) is 0 Å². The molecule has 1 heterocycles. The van der Waals surface area contributed by atoms with Crippen molar-refractivity contribution in [1.82, 2.24) is 4.90 Å². The minimum absolute atomic E-state index is 0.0893. The Hall–Kier alpha value is -1.59. The summed E-state index contributed by atoms with van der Waals surface area (Å²) in [5.41, 5.74) is 0. The van der Waals surface area contributed by atoms with Crippen molar-refractivity contribution in [3.8, 4) is 0 Å². The van der Waals surface area contributed by atoms with Gasteiger partial charge in [-0.25, -0.2) is 0 Å². The second-order valence-electron chi connectivity index (χ2n) is 4.51. The van der Waals surface area contributed by atoms with E-state index < -0.39 is 0 Å². The van der Waals surface area contributed by atoms with Gasteiger partial charge in [-0.2, -0.15) is 0 Å². The number of hydrogen-bond donors (Lipinski definition) is 0. The maximum absolute atomic E-state index is 11.9. The van der Waals surface area contributed by atoms with E-state index in [0.717, 1.165) is 12.8 Å². The Balaban J connectivity index is 2.39. The molecule has 0 unspecified atom stereocenters. The van der Waals surface area contributed by atoms with Crippen LogP contribution in [0.25, 0.3) is 0 Å². The molecule has 0 aromatic heterocycles. The summed E-state index contributed by atoms with van der Waals surface area (Å²) in [5, 5.41) is 0. The van der Waals surface area contributed by atoms with Gasteiger partial charge in [0.25, 0.3) is 0 Å². The van der Waals surface area contributed by atoms with Crippen LogP contribution >= 0.6 is 0 Å². The Kier molecular flexibility index (Phi) is 6.32. The maximum Gasteiger partial charge on any atom is 0.310 e. The lowest BCUT2D eigenvalue weighted by Gasteiger charge is -2.31. The van der Waals surface area contributed by atoms with Gasteiger partial charge < -0.3 is 14.4 Å². The zero-order valence-electron chi connectivity index (χ0n) is 11.5. The van der Waals surface area contributed by atoms with Crippen molar-refractivity contribution in [3.63, 3.8) is 0 Å².